The van der Waals surface area contributed by atoms with Crippen LogP contribution in [0.4, 0.5) is 22.0 Å². The number of benzene rings is 1. The molecule has 190 valence electrons. The van der Waals surface area contributed by atoms with Gasteiger partial charge >= 0.3 is 6.18 Å². The predicted molar refractivity (Wildman–Crippen MR) is 130 cm³/mol. The van der Waals surface area contributed by atoms with Crippen LogP contribution in [-0.2, 0) is 23.7 Å². The molecule has 0 saturated carbocycles. The number of pyridine rings is 1. The summed E-state index contributed by atoms with van der Waals surface area (Å²) in [5.74, 6) is 0. The van der Waals surface area contributed by atoms with Gasteiger partial charge in [0.2, 0.25) is 0 Å². The number of fused-ring (bicyclic) bond motifs is 1. The monoisotopic (exact) mass is 513 g/mol. The maximum atomic E-state index is 14.1. The molecule has 0 unspecified atom stereocenters. The van der Waals surface area contributed by atoms with Gasteiger partial charge in [0.05, 0.1) is 16.0 Å². The van der Waals surface area contributed by atoms with Gasteiger partial charge < -0.3 is 4.57 Å². The van der Waals surface area contributed by atoms with Crippen LogP contribution in [0.2, 0.25) is 0 Å². The molecule has 0 radical (unpaired) electrons. The van der Waals surface area contributed by atoms with E-state index in [0.29, 0.717) is 11.9 Å². The topological polar surface area (TPSA) is 47.2 Å². The van der Waals surface area contributed by atoms with Gasteiger partial charge in [0.25, 0.3) is 6.43 Å². The van der Waals surface area contributed by atoms with Crippen LogP contribution in [0.15, 0.2) is 47.0 Å². The Labute approximate surface area is 203 Å². The van der Waals surface area contributed by atoms with Gasteiger partial charge in [-0.15, -0.1) is 0 Å². The smallest absolute Gasteiger partial charge is 0.331 e. The fraction of sp³-hybridized carbons (Fsp3) is 0.440. The second kappa shape index (κ2) is 9.44. The Hall–Kier alpha value is -2.62. The van der Waals surface area contributed by atoms with Crippen molar-refractivity contribution in [2.75, 3.05) is 0 Å². The van der Waals surface area contributed by atoms with Crippen molar-refractivity contribution >= 4 is 27.7 Å². The molecule has 0 bridgehead atoms. The fourth-order valence-electron chi connectivity index (χ4n) is 3.54. The lowest BCUT2D eigenvalue weighted by Crippen LogP contribution is -2.23. The number of hydrogen-bond acceptors (Lipinski definition) is 2. The lowest BCUT2D eigenvalue weighted by molar-refractivity contribution is -0.137. The van der Waals surface area contributed by atoms with Gasteiger partial charge in [0.15, 0.2) is 0 Å². The van der Waals surface area contributed by atoms with Crippen molar-refractivity contribution < 1.29 is 26.2 Å². The van der Waals surface area contributed by atoms with Crippen molar-refractivity contribution in [1.82, 2.24) is 9.55 Å². The second-order valence-corrected chi connectivity index (χ2v) is 12.4. The summed E-state index contributed by atoms with van der Waals surface area (Å²) in [6.45, 7) is 11.1. The highest BCUT2D eigenvalue weighted by Gasteiger charge is 2.34. The summed E-state index contributed by atoms with van der Waals surface area (Å²) in [5.41, 5.74) is -1.50. The Morgan fingerprint density at radius 3 is 2.20 bits per heavy atom. The summed E-state index contributed by atoms with van der Waals surface area (Å²) >= 11 is 0. The fourth-order valence-corrected chi connectivity index (χ4v) is 4.17. The Kier molecular flexibility index (Phi) is 7.28. The zero-order valence-electron chi connectivity index (χ0n) is 20.4. The lowest BCUT2D eigenvalue weighted by atomic mass is 9.97. The number of hydrogen-bond donors (Lipinski definition) is 0. The van der Waals surface area contributed by atoms with Crippen molar-refractivity contribution in [2.45, 2.75) is 65.4 Å². The van der Waals surface area contributed by atoms with Crippen LogP contribution in [0.3, 0.4) is 0 Å². The van der Waals surface area contributed by atoms with Gasteiger partial charge in [-0.3, -0.25) is 0 Å². The Balaban J connectivity index is 2.30. The van der Waals surface area contributed by atoms with Gasteiger partial charge in [-0.2, -0.15) is 17.6 Å². The highest BCUT2D eigenvalue weighted by Crippen LogP contribution is 2.37. The summed E-state index contributed by atoms with van der Waals surface area (Å²) in [6.07, 6.45) is -6.13. The third-order valence-electron chi connectivity index (χ3n) is 5.06. The highest BCUT2D eigenvalue weighted by atomic mass is 32.2. The van der Waals surface area contributed by atoms with Crippen LogP contribution in [-0.4, -0.2) is 30.6 Å². The van der Waals surface area contributed by atoms with Crippen molar-refractivity contribution in [3.05, 3.63) is 53.7 Å². The van der Waals surface area contributed by atoms with E-state index in [1.807, 2.05) is 20.8 Å². The standard InChI is InChI=1S/C25H28F5N3OS/c1-23(2,3)14-33-13-17(20(21(26)27)32-35(34)24(4,5)6)15-11-12-19(31-22(15)33)16-9-7-8-10-18(16)25(28,29)30/h7-13,21H,14H2,1-6H3/t35-/m0/s1. The van der Waals surface area contributed by atoms with E-state index in [2.05, 4.69) is 9.38 Å². The van der Waals surface area contributed by atoms with Crippen molar-refractivity contribution in [1.29, 1.82) is 0 Å². The van der Waals surface area contributed by atoms with Gasteiger partial charge in [-0.1, -0.05) is 39.0 Å². The van der Waals surface area contributed by atoms with E-state index in [1.54, 1.807) is 25.3 Å². The van der Waals surface area contributed by atoms with Crippen molar-refractivity contribution in [2.24, 2.45) is 9.81 Å². The maximum Gasteiger partial charge on any atom is 0.417 e. The molecule has 4 nitrogen and oxygen atoms in total. The Morgan fingerprint density at radius 2 is 1.66 bits per heavy atom. The molecule has 0 aliphatic rings. The van der Waals surface area contributed by atoms with Gasteiger partial charge in [-0.05, 0) is 44.4 Å². The van der Waals surface area contributed by atoms with E-state index in [0.717, 1.165) is 6.07 Å². The Bertz CT molecular complexity index is 1280. The zero-order valence-corrected chi connectivity index (χ0v) is 21.2. The SMILES string of the molecule is CC(C)(C)Cn1cc(C(=N[S@@](=O)C(C)(C)C)C(F)F)c2ccc(-c3ccccc3C(F)(F)F)nc21. The maximum absolute atomic E-state index is 14.1. The average Bonchev–Trinajstić information content (AvgIpc) is 3.06. The molecule has 0 fully saturated rings. The molecular weight excluding hydrogens is 485 g/mol. The minimum Gasteiger partial charge on any atom is -0.331 e. The first kappa shape index (κ1) is 27.0. The number of alkyl halides is 5. The molecule has 35 heavy (non-hydrogen) atoms. The summed E-state index contributed by atoms with van der Waals surface area (Å²) < 4.78 is 86.3. The van der Waals surface area contributed by atoms with Crippen molar-refractivity contribution in [3.63, 3.8) is 0 Å². The van der Waals surface area contributed by atoms with Gasteiger partial charge in [0.1, 0.15) is 22.3 Å². The molecule has 3 rings (SSSR count). The predicted octanol–water partition coefficient (Wildman–Crippen LogP) is 7.28. The van der Waals surface area contributed by atoms with Crippen LogP contribution in [0, 0.1) is 5.41 Å². The highest BCUT2D eigenvalue weighted by molar-refractivity contribution is 7.85. The molecule has 2 aromatic heterocycles. The quantitative estimate of drug-likeness (QED) is 0.266. The third-order valence-corrected chi connectivity index (χ3v) is 6.47. The van der Waals surface area contributed by atoms with E-state index < -0.39 is 39.6 Å². The second-order valence-electron chi connectivity index (χ2n) is 10.5. The molecule has 0 N–H and O–H groups in total. The molecule has 0 saturated heterocycles. The number of aromatic nitrogens is 2. The lowest BCUT2D eigenvalue weighted by Gasteiger charge is -2.19. The number of nitrogens with zero attached hydrogens (tertiary/aromatic N) is 3. The van der Waals surface area contributed by atoms with E-state index in [4.69, 9.17) is 0 Å². The number of halogens is 5. The van der Waals surface area contributed by atoms with E-state index in [1.165, 1.54) is 36.5 Å². The average molecular weight is 514 g/mol. The first-order chi connectivity index (χ1) is 16.0. The third kappa shape index (κ3) is 6.15. The molecule has 3 aromatic rings. The zero-order chi connectivity index (χ0) is 26.3. The Morgan fingerprint density at radius 1 is 1.03 bits per heavy atom. The molecule has 10 heteroatoms. The molecule has 2 heterocycles. The molecule has 0 aliphatic carbocycles. The summed E-state index contributed by atoms with van der Waals surface area (Å²) in [6, 6.07) is 7.93. The van der Waals surface area contributed by atoms with Crippen LogP contribution in [0.5, 0.6) is 0 Å². The molecule has 0 aliphatic heterocycles. The van der Waals surface area contributed by atoms with Crippen LogP contribution in [0.25, 0.3) is 22.3 Å². The van der Waals surface area contributed by atoms with E-state index >= 15 is 0 Å². The van der Waals surface area contributed by atoms with Crippen LogP contribution in [0.1, 0.15) is 52.7 Å². The minimum atomic E-state index is -4.59. The van der Waals surface area contributed by atoms with E-state index in [9.17, 15) is 26.2 Å². The van der Waals surface area contributed by atoms with Crippen LogP contribution < -0.4 is 0 Å². The summed E-state index contributed by atoms with van der Waals surface area (Å²) in [7, 11) is -1.94. The van der Waals surface area contributed by atoms with Gasteiger partial charge in [-0.25, -0.2) is 18.0 Å². The molecule has 1 atom stereocenters. The van der Waals surface area contributed by atoms with Crippen LogP contribution >= 0.6 is 0 Å². The van der Waals surface area contributed by atoms with Gasteiger partial charge in [0, 0.05) is 29.3 Å². The molecular formula is C25H28F5N3OS. The largest absolute Gasteiger partial charge is 0.417 e. The first-order valence-electron chi connectivity index (χ1n) is 10.9. The minimum absolute atomic E-state index is 0.0556. The first-order valence-corrected chi connectivity index (χ1v) is 12.1. The number of rotatable bonds is 5. The summed E-state index contributed by atoms with van der Waals surface area (Å²) in [4.78, 5) is 4.48. The van der Waals surface area contributed by atoms with E-state index in [-0.39, 0.29) is 27.9 Å². The summed E-state index contributed by atoms with van der Waals surface area (Å²) in [5, 5.41) is 0.299. The molecule has 1 aromatic carbocycles. The molecule has 0 amide bonds. The van der Waals surface area contributed by atoms with Crippen molar-refractivity contribution in [3.8, 4) is 11.3 Å². The normalized spacial score (nSPS) is 14.7. The molecule has 0 spiro atoms.